The number of hydrogen-bond acceptors (Lipinski definition) is 6. The fourth-order valence-corrected chi connectivity index (χ4v) is 6.28. The molecule has 1 saturated heterocycles. The summed E-state index contributed by atoms with van der Waals surface area (Å²) in [4.78, 5) is 0.295. The summed E-state index contributed by atoms with van der Waals surface area (Å²) in [6, 6.07) is 7.00. The van der Waals surface area contributed by atoms with Gasteiger partial charge < -0.3 is 9.47 Å². The number of H-pyrrole nitrogens is 1. The third kappa shape index (κ3) is 5.42. The number of aromatic nitrogens is 2. The first kappa shape index (κ1) is 25.7. The highest BCUT2D eigenvalue weighted by molar-refractivity contribution is 7.91. The molecule has 0 spiro atoms. The molecule has 0 bridgehead atoms. The summed E-state index contributed by atoms with van der Waals surface area (Å²) in [6.45, 7) is 6.75. The van der Waals surface area contributed by atoms with Gasteiger partial charge in [0.25, 0.3) is 5.92 Å². The molecule has 7 nitrogen and oxygen atoms in total. The molecule has 11 heteroatoms. The van der Waals surface area contributed by atoms with Gasteiger partial charge in [-0.1, -0.05) is 18.7 Å². The molecule has 0 saturated carbocycles. The van der Waals surface area contributed by atoms with Crippen LogP contribution in [0, 0.1) is 0 Å². The second-order valence-corrected chi connectivity index (χ2v) is 12.4. The van der Waals surface area contributed by atoms with E-state index in [4.69, 9.17) is 9.47 Å². The smallest absolute Gasteiger partial charge is 0.294 e. The van der Waals surface area contributed by atoms with Crippen LogP contribution in [0.1, 0.15) is 44.1 Å². The lowest BCUT2D eigenvalue weighted by molar-refractivity contribution is -0.00131. The van der Waals surface area contributed by atoms with E-state index in [-0.39, 0.29) is 35.1 Å². The summed E-state index contributed by atoms with van der Waals surface area (Å²) in [6.07, 6.45) is 0.178. The lowest BCUT2D eigenvalue weighted by Gasteiger charge is -2.37. The number of halogens is 2. The molecule has 1 aromatic heterocycles. The molecule has 3 rings (SSSR count). The number of alkyl halides is 2. The quantitative estimate of drug-likeness (QED) is 0.522. The number of methoxy groups -OCH3 is 1. The van der Waals surface area contributed by atoms with E-state index in [0.717, 1.165) is 0 Å². The zero-order valence-electron chi connectivity index (χ0n) is 18.8. The minimum absolute atomic E-state index is 0.0466. The van der Waals surface area contributed by atoms with Crippen molar-refractivity contribution < 1.29 is 30.9 Å². The molecular formula is C22H28F2N2O5S2. The zero-order valence-corrected chi connectivity index (χ0v) is 20.4. The van der Waals surface area contributed by atoms with E-state index < -0.39 is 37.4 Å². The van der Waals surface area contributed by atoms with Gasteiger partial charge in [-0.05, 0) is 44.4 Å². The number of hydrogen-bond donors (Lipinski definition) is 1. The number of aromatic amines is 1. The number of nitrogens with zero attached hydrogens (tertiary/aromatic N) is 1. The number of allylic oxidation sites excluding steroid dienone is 1. The van der Waals surface area contributed by atoms with E-state index in [1.54, 1.807) is 6.07 Å². The Kier molecular flexibility index (Phi) is 7.57. The van der Waals surface area contributed by atoms with Gasteiger partial charge in [-0.15, -0.1) is 0 Å². The number of sulfone groups is 1. The van der Waals surface area contributed by atoms with Gasteiger partial charge in [0.05, 0.1) is 33.6 Å². The van der Waals surface area contributed by atoms with Crippen LogP contribution in [-0.4, -0.2) is 53.6 Å². The summed E-state index contributed by atoms with van der Waals surface area (Å²) in [5, 5.41) is 6.51. The largest absolute Gasteiger partial charge is 0.384 e. The summed E-state index contributed by atoms with van der Waals surface area (Å²) < 4.78 is 76.9. The second-order valence-electron chi connectivity index (χ2n) is 8.39. The molecule has 3 unspecified atom stereocenters. The molecule has 1 aliphatic rings. The van der Waals surface area contributed by atoms with Gasteiger partial charge in [-0.3, -0.25) is 9.31 Å². The number of rotatable bonds is 9. The average molecular weight is 503 g/mol. The fraction of sp³-hybridized carbons (Fsp3) is 0.500. The van der Waals surface area contributed by atoms with Crippen LogP contribution in [0.5, 0.6) is 0 Å². The van der Waals surface area contributed by atoms with Crippen LogP contribution in [0.4, 0.5) is 8.78 Å². The fourth-order valence-electron chi connectivity index (χ4n) is 3.62. The molecule has 182 valence electrons. The molecule has 1 N–H and O–H groups in total. The van der Waals surface area contributed by atoms with Crippen LogP contribution >= 0.6 is 0 Å². The molecular weight excluding hydrogens is 474 g/mol. The van der Waals surface area contributed by atoms with Crippen LogP contribution in [-0.2, 0) is 36.0 Å². The van der Waals surface area contributed by atoms with Gasteiger partial charge in [0, 0.05) is 30.2 Å². The van der Waals surface area contributed by atoms with Crippen molar-refractivity contribution in [2.24, 2.45) is 0 Å². The standard InChI is InChI=1S/C22H28F2N2O5S2/c1-15(2)22(23,24)16-6-5-7-17(12-16)32(27)21(3)8-9-31-19(14-21)18-13-20(26-25-18)33(28,29)11-10-30-4/h5-7,12-13,19H,1,8-11,14H2,2-4H3,(H,25,26). The predicted molar refractivity (Wildman–Crippen MR) is 120 cm³/mol. The Hall–Kier alpha value is -1.95. The van der Waals surface area contributed by atoms with E-state index in [9.17, 15) is 21.4 Å². The molecule has 2 aromatic rings. The van der Waals surface area contributed by atoms with Crippen molar-refractivity contribution in [2.45, 2.75) is 53.4 Å². The minimum atomic E-state index is -3.62. The first-order valence-corrected chi connectivity index (χ1v) is 13.2. The summed E-state index contributed by atoms with van der Waals surface area (Å²) in [5.41, 5.74) is -0.0951. The van der Waals surface area contributed by atoms with Crippen LogP contribution in [0.25, 0.3) is 0 Å². The highest BCUT2D eigenvalue weighted by Crippen LogP contribution is 2.41. The molecule has 3 atom stereocenters. The molecule has 0 aliphatic carbocycles. The van der Waals surface area contributed by atoms with Gasteiger partial charge in [0.15, 0.2) is 14.9 Å². The van der Waals surface area contributed by atoms with Gasteiger partial charge in [0.2, 0.25) is 0 Å². The van der Waals surface area contributed by atoms with E-state index in [0.29, 0.717) is 23.4 Å². The molecule has 0 amide bonds. The third-order valence-corrected chi connectivity index (χ3v) is 9.26. The molecule has 1 fully saturated rings. The molecule has 0 radical (unpaired) electrons. The third-order valence-electron chi connectivity index (χ3n) is 5.76. The van der Waals surface area contributed by atoms with Crippen LogP contribution in [0.2, 0.25) is 0 Å². The number of benzene rings is 1. The Balaban J connectivity index is 1.83. The van der Waals surface area contributed by atoms with E-state index in [1.165, 1.54) is 38.3 Å². The first-order valence-electron chi connectivity index (χ1n) is 10.4. The van der Waals surface area contributed by atoms with E-state index >= 15 is 0 Å². The number of ether oxygens (including phenoxy) is 2. The SMILES string of the molecule is C=C(C)C(F)(F)c1cccc(S(=O)C2(C)CCOC(c3cc(S(=O)(=O)CCOC)n[nH]3)C2)c1. The van der Waals surface area contributed by atoms with Gasteiger partial charge >= 0.3 is 0 Å². The van der Waals surface area contributed by atoms with Crippen LogP contribution < -0.4 is 0 Å². The Morgan fingerprint density at radius 3 is 2.82 bits per heavy atom. The summed E-state index contributed by atoms with van der Waals surface area (Å²) in [7, 11) is -3.82. The Morgan fingerprint density at radius 2 is 2.15 bits per heavy atom. The summed E-state index contributed by atoms with van der Waals surface area (Å²) in [5.74, 6) is -3.42. The maximum atomic E-state index is 14.4. The molecule has 1 aliphatic heterocycles. The lowest BCUT2D eigenvalue weighted by atomic mass is 9.95. The average Bonchev–Trinajstić information content (AvgIpc) is 3.29. The first-order chi connectivity index (χ1) is 15.4. The van der Waals surface area contributed by atoms with Crippen molar-refractivity contribution in [1.29, 1.82) is 0 Å². The monoisotopic (exact) mass is 502 g/mol. The van der Waals surface area contributed by atoms with E-state index in [2.05, 4.69) is 16.8 Å². The highest BCUT2D eigenvalue weighted by Gasteiger charge is 2.41. The van der Waals surface area contributed by atoms with Crippen molar-refractivity contribution in [2.75, 3.05) is 26.1 Å². The number of nitrogens with one attached hydrogen (secondary N) is 1. The Labute approximate surface area is 194 Å². The van der Waals surface area contributed by atoms with Crippen molar-refractivity contribution in [3.63, 3.8) is 0 Å². The molecule has 1 aromatic carbocycles. The van der Waals surface area contributed by atoms with Crippen molar-refractivity contribution >= 4 is 20.6 Å². The van der Waals surface area contributed by atoms with E-state index in [1.807, 2.05) is 6.92 Å². The summed E-state index contributed by atoms with van der Waals surface area (Å²) >= 11 is 0. The maximum absolute atomic E-state index is 14.4. The molecule has 33 heavy (non-hydrogen) atoms. The van der Waals surface area contributed by atoms with Gasteiger partial charge in [0.1, 0.15) is 6.10 Å². The minimum Gasteiger partial charge on any atom is -0.384 e. The Morgan fingerprint density at radius 1 is 1.42 bits per heavy atom. The van der Waals surface area contributed by atoms with Crippen LogP contribution in [0.15, 0.2) is 52.4 Å². The van der Waals surface area contributed by atoms with Gasteiger partial charge in [-0.2, -0.15) is 13.9 Å². The molecule has 2 heterocycles. The van der Waals surface area contributed by atoms with Crippen LogP contribution in [0.3, 0.4) is 0 Å². The Bertz CT molecular complexity index is 1150. The van der Waals surface area contributed by atoms with Gasteiger partial charge in [-0.25, -0.2) is 8.42 Å². The lowest BCUT2D eigenvalue weighted by Crippen LogP contribution is -2.39. The zero-order chi connectivity index (χ0) is 24.4. The second kappa shape index (κ2) is 9.73. The van der Waals surface area contributed by atoms with Crippen molar-refractivity contribution in [1.82, 2.24) is 10.2 Å². The van der Waals surface area contributed by atoms with Crippen molar-refractivity contribution in [3.05, 3.63) is 53.7 Å². The topological polar surface area (TPSA) is 98.3 Å². The van der Waals surface area contributed by atoms with Crippen molar-refractivity contribution in [3.8, 4) is 0 Å². The normalized spacial score (nSPS) is 22.8. The highest BCUT2D eigenvalue weighted by atomic mass is 32.2. The predicted octanol–water partition coefficient (Wildman–Crippen LogP) is 3.92. The maximum Gasteiger partial charge on any atom is 0.294 e.